The Morgan fingerprint density at radius 1 is 1.47 bits per heavy atom. The Bertz CT molecular complexity index is 631. The average Bonchev–Trinajstić information content (AvgIpc) is 3.13. The number of hydrogen-bond donors (Lipinski definition) is 1. The van der Waals surface area contributed by atoms with E-state index in [1.165, 1.54) is 5.56 Å². The van der Waals surface area contributed by atoms with E-state index in [0.717, 1.165) is 43.4 Å². The quantitative estimate of drug-likeness (QED) is 0.830. The smallest absolute Gasteiger partial charge is 0.0955 e. The summed E-state index contributed by atoms with van der Waals surface area (Å²) in [4.78, 5) is 4.37. The summed E-state index contributed by atoms with van der Waals surface area (Å²) in [5.41, 5.74) is 3.46. The molecule has 98 valence electrons. The highest BCUT2D eigenvalue weighted by Crippen LogP contribution is 2.43. The van der Waals surface area contributed by atoms with Crippen LogP contribution < -0.4 is 5.32 Å². The first-order valence-corrected chi connectivity index (χ1v) is 6.74. The van der Waals surface area contributed by atoms with Gasteiger partial charge in [0.25, 0.3) is 0 Å². The molecule has 0 unspecified atom stereocenters. The number of aryl methyl sites for hydroxylation is 1. The number of imidazole rings is 1. The fraction of sp³-hybridized carbons (Fsp3) is 0.467. The highest BCUT2D eigenvalue weighted by Gasteiger charge is 2.42. The highest BCUT2D eigenvalue weighted by molar-refractivity contribution is 5.75. The molecule has 19 heavy (non-hydrogen) atoms. The standard InChI is InChI=1S/C15H18N4/c1-19-11-18-13-8-12(2-3-14(13)19)4-7-17-10-15(9-16)5-6-15/h2-3,8,11,17H,4-7,10H2,1H3. The second-order valence-electron chi connectivity index (χ2n) is 5.50. The monoisotopic (exact) mass is 254 g/mol. The van der Waals surface area contributed by atoms with E-state index in [2.05, 4.69) is 34.6 Å². The molecule has 0 saturated heterocycles. The first kappa shape index (κ1) is 12.2. The van der Waals surface area contributed by atoms with Crippen LogP contribution in [0.3, 0.4) is 0 Å². The Labute approximate surface area is 113 Å². The van der Waals surface area contributed by atoms with Gasteiger partial charge in [0.2, 0.25) is 0 Å². The molecule has 0 spiro atoms. The van der Waals surface area contributed by atoms with Crippen molar-refractivity contribution in [3.05, 3.63) is 30.1 Å². The van der Waals surface area contributed by atoms with Gasteiger partial charge in [0.1, 0.15) is 0 Å². The van der Waals surface area contributed by atoms with Gasteiger partial charge in [0, 0.05) is 13.6 Å². The van der Waals surface area contributed by atoms with E-state index in [1.807, 2.05) is 17.9 Å². The maximum absolute atomic E-state index is 8.99. The number of aromatic nitrogens is 2. The topological polar surface area (TPSA) is 53.6 Å². The summed E-state index contributed by atoms with van der Waals surface area (Å²) < 4.78 is 2.03. The van der Waals surface area contributed by atoms with Crippen LogP contribution in [0.1, 0.15) is 18.4 Å². The molecule has 4 nitrogen and oxygen atoms in total. The molecule has 1 heterocycles. The summed E-state index contributed by atoms with van der Waals surface area (Å²) in [6.45, 7) is 1.75. The molecular weight excluding hydrogens is 236 g/mol. The number of rotatable bonds is 5. The lowest BCUT2D eigenvalue weighted by Crippen LogP contribution is -2.25. The summed E-state index contributed by atoms with van der Waals surface area (Å²) in [5.74, 6) is 0. The molecule has 1 aliphatic carbocycles. The molecule has 1 saturated carbocycles. The second-order valence-corrected chi connectivity index (χ2v) is 5.50. The minimum absolute atomic E-state index is 0.0507. The molecule has 1 aromatic carbocycles. The lowest BCUT2D eigenvalue weighted by molar-refractivity contribution is 0.560. The lowest BCUT2D eigenvalue weighted by Gasteiger charge is -2.08. The fourth-order valence-corrected chi connectivity index (χ4v) is 2.38. The number of benzene rings is 1. The van der Waals surface area contributed by atoms with Crippen molar-refractivity contribution in [3.63, 3.8) is 0 Å². The van der Waals surface area contributed by atoms with Crippen LogP contribution in [0, 0.1) is 16.7 Å². The van der Waals surface area contributed by atoms with Gasteiger partial charge in [-0.1, -0.05) is 6.07 Å². The molecule has 0 bridgehead atoms. The van der Waals surface area contributed by atoms with E-state index in [-0.39, 0.29) is 5.41 Å². The number of nitrogens with zero attached hydrogens (tertiary/aromatic N) is 3. The maximum atomic E-state index is 8.99. The Morgan fingerprint density at radius 2 is 2.32 bits per heavy atom. The molecule has 0 aliphatic heterocycles. The van der Waals surface area contributed by atoms with Crippen molar-refractivity contribution in [2.75, 3.05) is 13.1 Å². The Hall–Kier alpha value is -1.86. The van der Waals surface area contributed by atoms with Crippen LogP contribution in [-0.4, -0.2) is 22.6 Å². The van der Waals surface area contributed by atoms with Gasteiger partial charge in [0.05, 0.1) is 28.8 Å². The first-order valence-electron chi connectivity index (χ1n) is 6.74. The van der Waals surface area contributed by atoms with Gasteiger partial charge in [-0.25, -0.2) is 4.98 Å². The van der Waals surface area contributed by atoms with Crippen LogP contribution >= 0.6 is 0 Å². The van der Waals surface area contributed by atoms with Crippen LogP contribution in [0.2, 0.25) is 0 Å². The normalized spacial score (nSPS) is 16.4. The molecule has 4 heteroatoms. The van der Waals surface area contributed by atoms with E-state index < -0.39 is 0 Å². The molecule has 2 aromatic rings. The molecule has 1 aromatic heterocycles. The summed E-state index contributed by atoms with van der Waals surface area (Å²) in [5, 5.41) is 12.4. The summed E-state index contributed by atoms with van der Waals surface area (Å²) >= 11 is 0. The molecule has 1 N–H and O–H groups in total. The van der Waals surface area contributed by atoms with E-state index in [9.17, 15) is 0 Å². The fourth-order valence-electron chi connectivity index (χ4n) is 2.38. The summed E-state index contributed by atoms with van der Waals surface area (Å²) in [6.07, 6.45) is 4.93. The molecular formula is C15H18N4. The molecule has 3 rings (SSSR count). The molecule has 0 amide bonds. The van der Waals surface area contributed by atoms with Gasteiger partial charge in [-0.05, 0) is 43.5 Å². The summed E-state index contributed by atoms with van der Waals surface area (Å²) in [6, 6.07) is 8.83. The van der Waals surface area contributed by atoms with Crippen molar-refractivity contribution in [1.29, 1.82) is 5.26 Å². The van der Waals surface area contributed by atoms with Gasteiger partial charge >= 0.3 is 0 Å². The number of fused-ring (bicyclic) bond motifs is 1. The SMILES string of the molecule is Cn1cnc2cc(CCNCC3(C#N)CC3)ccc21. The molecule has 1 aliphatic rings. The number of nitrogens with one attached hydrogen (secondary N) is 1. The van der Waals surface area contributed by atoms with Crippen molar-refractivity contribution in [3.8, 4) is 6.07 Å². The zero-order valence-electron chi connectivity index (χ0n) is 11.2. The van der Waals surface area contributed by atoms with Crippen LogP contribution in [0.15, 0.2) is 24.5 Å². The zero-order valence-corrected chi connectivity index (χ0v) is 11.2. The van der Waals surface area contributed by atoms with Gasteiger partial charge in [0.15, 0.2) is 0 Å². The maximum Gasteiger partial charge on any atom is 0.0955 e. The van der Waals surface area contributed by atoms with Crippen molar-refractivity contribution >= 4 is 11.0 Å². The third-order valence-corrected chi connectivity index (χ3v) is 3.93. The minimum Gasteiger partial charge on any atom is -0.334 e. The Morgan fingerprint density at radius 3 is 3.05 bits per heavy atom. The van der Waals surface area contributed by atoms with Crippen LogP contribution in [-0.2, 0) is 13.5 Å². The summed E-state index contributed by atoms with van der Waals surface area (Å²) in [7, 11) is 2.01. The Kier molecular flexibility index (Phi) is 3.00. The first-order chi connectivity index (χ1) is 9.22. The average molecular weight is 254 g/mol. The minimum atomic E-state index is -0.0507. The highest BCUT2D eigenvalue weighted by atomic mass is 15.0. The van der Waals surface area contributed by atoms with E-state index in [0.29, 0.717) is 0 Å². The van der Waals surface area contributed by atoms with Gasteiger partial charge in [-0.2, -0.15) is 5.26 Å². The van der Waals surface area contributed by atoms with Crippen molar-refractivity contribution < 1.29 is 0 Å². The van der Waals surface area contributed by atoms with Crippen LogP contribution in [0.5, 0.6) is 0 Å². The van der Waals surface area contributed by atoms with Gasteiger partial charge in [-0.15, -0.1) is 0 Å². The van der Waals surface area contributed by atoms with Gasteiger partial charge < -0.3 is 9.88 Å². The largest absolute Gasteiger partial charge is 0.334 e. The lowest BCUT2D eigenvalue weighted by atomic mass is 10.1. The molecule has 0 atom stereocenters. The number of nitriles is 1. The van der Waals surface area contributed by atoms with E-state index in [4.69, 9.17) is 5.26 Å². The number of hydrogen-bond acceptors (Lipinski definition) is 3. The van der Waals surface area contributed by atoms with Crippen molar-refractivity contribution in [1.82, 2.24) is 14.9 Å². The van der Waals surface area contributed by atoms with Crippen molar-refractivity contribution in [2.45, 2.75) is 19.3 Å². The molecule has 0 radical (unpaired) electrons. The predicted octanol–water partition coefficient (Wildman–Crippen LogP) is 2.01. The van der Waals surface area contributed by atoms with Gasteiger partial charge in [-0.3, -0.25) is 0 Å². The third kappa shape index (κ3) is 2.47. The van der Waals surface area contributed by atoms with E-state index in [1.54, 1.807) is 0 Å². The van der Waals surface area contributed by atoms with Crippen molar-refractivity contribution in [2.24, 2.45) is 12.5 Å². The molecule has 1 fully saturated rings. The third-order valence-electron chi connectivity index (χ3n) is 3.93. The predicted molar refractivity (Wildman–Crippen MR) is 74.6 cm³/mol. The second kappa shape index (κ2) is 4.67. The zero-order chi connectivity index (χ0) is 13.3. The van der Waals surface area contributed by atoms with Crippen LogP contribution in [0.25, 0.3) is 11.0 Å². The van der Waals surface area contributed by atoms with Crippen LogP contribution in [0.4, 0.5) is 0 Å². The Balaban J connectivity index is 1.55. The van der Waals surface area contributed by atoms with E-state index >= 15 is 0 Å².